The second kappa shape index (κ2) is 14.9. The minimum atomic E-state index is -0.344. The Labute approximate surface area is 234 Å². The molecule has 1 aliphatic carbocycles. The number of ether oxygens (including phenoxy) is 6. The molecule has 1 spiro atoms. The van der Waals surface area contributed by atoms with Gasteiger partial charge < -0.3 is 33.7 Å². The normalized spacial score (nSPS) is 31.3. The number of hydrogen-bond donors (Lipinski definition) is 1. The van der Waals surface area contributed by atoms with E-state index in [2.05, 4.69) is 46.0 Å². The van der Waals surface area contributed by atoms with Gasteiger partial charge in [-0.05, 0) is 58.8 Å². The number of carbonyl (C=O) groups excluding carboxylic acids is 2. The van der Waals surface area contributed by atoms with E-state index >= 15 is 0 Å². The molecule has 0 aromatic heterocycles. The number of nitrogens with one attached hydrogen (secondary N) is 1. The number of amides is 1. The minimum Gasteiger partial charge on any atom is -0.460 e. The van der Waals surface area contributed by atoms with Gasteiger partial charge in [0.2, 0.25) is 5.91 Å². The Morgan fingerprint density at radius 1 is 1.10 bits per heavy atom. The van der Waals surface area contributed by atoms with Crippen molar-refractivity contribution in [2.75, 3.05) is 46.7 Å². The van der Waals surface area contributed by atoms with Gasteiger partial charge in [0.25, 0.3) is 0 Å². The molecule has 224 valence electrons. The molecule has 6 atom stereocenters. The van der Waals surface area contributed by atoms with Crippen molar-refractivity contribution in [3.05, 3.63) is 11.6 Å². The quantitative estimate of drug-likeness (QED) is 0.118. The fourth-order valence-corrected chi connectivity index (χ4v) is 5.71. The summed E-state index contributed by atoms with van der Waals surface area (Å²) in [5.74, 6) is 0.378. The van der Waals surface area contributed by atoms with Crippen molar-refractivity contribution in [2.45, 2.75) is 109 Å². The molecule has 2 heterocycles. The summed E-state index contributed by atoms with van der Waals surface area (Å²) in [5, 5.41) is 2.86. The molecule has 9 nitrogen and oxygen atoms in total. The second-order valence-electron chi connectivity index (χ2n) is 12.0. The third kappa shape index (κ3) is 9.52. The summed E-state index contributed by atoms with van der Waals surface area (Å²) in [6.45, 7) is 13.6. The average molecular weight is 554 g/mol. The molecular weight excluding hydrogens is 502 g/mol. The minimum absolute atomic E-state index is 0.0220. The highest BCUT2D eigenvalue weighted by atomic mass is 16.6. The van der Waals surface area contributed by atoms with Crippen LogP contribution in [0.4, 0.5) is 0 Å². The van der Waals surface area contributed by atoms with E-state index < -0.39 is 0 Å². The van der Waals surface area contributed by atoms with Crippen LogP contribution in [-0.4, -0.2) is 88.1 Å². The molecule has 0 aromatic carbocycles. The Kier molecular flexibility index (Phi) is 12.2. The zero-order valence-electron chi connectivity index (χ0n) is 24.9. The molecule has 4 unspecified atom stereocenters. The topological polar surface area (TPSA) is 108 Å². The Morgan fingerprint density at radius 3 is 2.46 bits per heavy atom. The Morgan fingerprint density at radius 2 is 1.82 bits per heavy atom. The van der Waals surface area contributed by atoms with E-state index in [1.165, 1.54) is 5.57 Å². The van der Waals surface area contributed by atoms with Crippen LogP contribution in [0.5, 0.6) is 0 Å². The van der Waals surface area contributed by atoms with Gasteiger partial charge in [-0.15, -0.1) is 0 Å². The van der Waals surface area contributed by atoms with Crippen LogP contribution in [0.3, 0.4) is 0 Å². The van der Waals surface area contributed by atoms with E-state index in [9.17, 15) is 9.59 Å². The molecule has 1 amide bonds. The first kappa shape index (κ1) is 32.0. The smallest absolute Gasteiger partial charge is 0.306 e. The lowest BCUT2D eigenvalue weighted by Gasteiger charge is -2.42. The predicted octanol–water partition coefficient (Wildman–Crippen LogP) is 3.97. The van der Waals surface area contributed by atoms with Crippen LogP contribution >= 0.6 is 0 Å². The molecule has 3 fully saturated rings. The fraction of sp³-hybridized carbons (Fsp3) is 0.867. The van der Waals surface area contributed by atoms with Crippen LogP contribution in [0.1, 0.15) is 79.6 Å². The van der Waals surface area contributed by atoms with Crippen molar-refractivity contribution in [1.29, 1.82) is 0 Å². The maximum atomic E-state index is 12.6. The Bertz CT molecular complexity index is 822. The highest BCUT2D eigenvalue weighted by Gasteiger charge is 2.72. The SMILES string of the molecule is COC1C(OC(=O)CCCOCCOCCNC(=O)CCC(C)C)CC[C@]2(CO2)C1C1(C)O[C@@H]1CC=C(C)C. The molecule has 0 radical (unpaired) electrons. The molecule has 2 saturated heterocycles. The maximum Gasteiger partial charge on any atom is 0.306 e. The zero-order valence-corrected chi connectivity index (χ0v) is 24.9. The summed E-state index contributed by atoms with van der Waals surface area (Å²) in [4.78, 5) is 24.3. The molecule has 1 N–H and O–H groups in total. The van der Waals surface area contributed by atoms with Gasteiger partial charge in [0.15, 0.2) is 0 Å². The summed E-state index contributed by atoms with van der Waals surface area (Å²) in [6.07, 6.45) is 6.51. The van der Waals surface area contributed by atoms with Gasteiger partial charge in [-0.1, -0.05) is 25.5 Å². The van der Waals surface area contributed by atoms with Gasteiger partial charge in [-0.2, -0.15) is 0 Å². The summed E-state index contributed by atoms with van der Waals surface area (Å²) >= 11 is 0. The number of rotatable bonds is 18. The highest BCUT2D eigenvalue weighted by molar-refractivity contribution is 5.75. The number of epoxide rings is 2. The van der Waals surface area contributed by atoms with Crippen LogP contribution < -0.4 is 5.32 Å². The number of methoxy groups -OCH3 is 1. The molecule has 9 heteroatoms. The van der Waals surface area contributed by atoms with Gasteiger partial charge in [0.1, 0.15) is 23.4 Å². The van der Waals surface area contributed by atoms with Gasteiger partial charge in [-0.3, -0.25) is 9.59 Å². The molecule has 39 heavy (non-hydrogen) atoms. The first-order valence-electron chi connectivity index (χ1n) is 14.7. The van der Waals surface area contributed by atoms with Gasteiger partial charge in [0, 0.05) is 33.1 Å². The van der Waals surface area contributed by atoms with E-state index in [0.717, 1.165) is 25.7 Å². The first-order valence-corrected chi connectivity index (χ1v) is 14.7. The molecule has 0 aromatic rings. The van der Waals surface area contributed by atoms with Crippen molar-refractivity contribution in [3.8, 4) is 0 Å². The van der Waals surface area contributed by atoms with Crippen LogP contribution in [0.25, 0.3) is 0 Å². The van der Waals surface area contributed by atoms with Crippen molar-refractivity contribution in [2.24, 2.45) is 11.8 Å². The van der Waals surface area contributed by atoms with E-state index in [1.54, 1.807) is 7.11 Å². The van der Waals surface area contributed by atoms with E-state index in [4.69, 9.17) is 28.4 Å². The Hall–Kier alpha value is -1.52. The van der Waals surface area contributed by atoms with Gasteiger partial charge >= 0.3 is 5.97 Å². The van der Waals surface area contributed by atoms with Gasteiger partial charge in [-0.25, -0.2) is 0 Å². The maximum absolute atomic E-state index is 12.6. The standard InChI is InChI=1S/C30H51NO8/c1-21(2)9-11-24-29(5,39-24)28-27(34-6)23(13-14-30(28)20-37-30)38-26(33)8-7-16-35-18-19-36-17-15-31-25(32)12-10-22(3)4/h9,22-24,27-28H,7-8,10-20H2,1-6H3,(H,31,32)/t23?,24-,27?,28?,29?,30+/m1/s1. The van der Waals surface area contributed by atoms with Crippen LogP contribution in [0, 0.1) is 11.8 Å². The number of hydrogen-bond acceptors (Lipinski definition) is 8. The second-order valence-corrected chi connectivity index (χ2v) is 12.0. The van der Waals surface area contributed by atoms with Crippen LogP contribution in [-0.2, 0) is 38.0 Å². The fourth-order valence-electron chi connectivity index (χ4n) is 5.71. The molecule has 3 aliphatic rings. The lowest BCUT2D eigenvalue weighted by Crippen LogP contribution is -2.55. The van der Waals surface area contributed by atoms with Crippen LogP contribution in [0.15, 0.2) is 11.6 Å². The average Bonchev–Trinajstić information content (AvgIpc) is 3.80. The summed E-state index contributed by atoms with van der Waals surface area (Å²) < 4.78 is 35.2. The third-order valence-electron chi connectivity index (χ3n) is 8.08. The highest BCUT2D eigenvalue weighted by Crippen LogP contribution is 2.59. The van der Waals surface area contributed by atoms with Crippen LogP contribution in [0.2, 0.25) is 0 Å². The lowest BCUT2D eigenvalue weighted by molar-refractivity contribution is -0.172. The van der Waals surface area contributed by atoms with Gasteiger partial charge in [0.05, 0.1) is 38.4 Å². The van der Waals surface area contributed by atoms with E-state index in [0.29, 0.717) is 64.8 Å². The first-order chi connectivity index (χ1) is 18.6. The molecule has 3 rings (SSSR count). The van der Waals surface area contributed by atoms with Crippen molar-refractivity contribution < 1.29 is 38.0 Å². The molecule has 0 bridgehead atoms. The number of carbonyl (C=O) groups is 2. The summed E-state index contributed by atoms with van der Waals surface area (Å²) in [5.41, 5.74) is 0.704. The predicted molar refractivity (Wildman–Crippen MR) is 147 cm³/mol. The van der Waals surface area contributed by atoms with Crippen molar-refractivity contribution >= 4 is 11.9 Å². The lowest BCUT2D eigenvalue weighted by atomic mass is 9.68. The van der Waals surface area contributed by atoms with Crippen molar-refractivity contribution in [3.63, 3.8) is 0 Å². The molecule has 2 aliphatic heterocycles. The molecule has 1 saturated carbocycles. The monoisotopic (exact) mass is 553 g/mol. The third-order valence-corrected chi connectivity index (χ3v) is 8.08. The number of allylic oxidation sites excluding steroid dienone is 1. The largest absolute Gasteiger partial charge is 0.460 e. The number of esters is 1. The molecular formula is C30H51NO8. The van der Waals surface area contributed by atoms with E-state index in [-0.39, 0.29) is 47.3 Å². The van der Waals surface area contributed by atoms with Crippen molar-refractivity contribution in [1.82, 2.24) is 5.32 Å². The Balaban J connectivity index is 1.30. The zero-order chi connectivity index (χ0) is 28.5. The summed E-state index contributed by atoms with van der Waals surface area (Å²) in [6, 6.07) is 0. The van der Waals surface area contributed by atoms with E-state index in [1.807, 2.05) is 0 Å². The summed E-state index contributed by atoms with van der Waals surface area (Å²) in [7, 11) is 1.69.